The molecule has 7 heteroatoms. The second-order valence-corrected chi connectivity index (χ2v) is 5.64. The molecule has 0 aliphatic carbocycles. The van der Waals surface area contributed by atoms with Crippen LogP contribution in [-0.4, -0.2) is 35.2 Å². The lowest BCUT2D eigenvalue weighted by atomic mass is 10.2. The topological polar surface area (TPSA) is 78.4 Å². The smallest absolute Gasteiger partial charge is 0.339 e. The fraction of sp³-hybridized carbons (Fsp3) is 0.385. The highest BCUT2D eigenvalue weighted by Gasteiger charge is 2.16. The zero-order valence-corrected chi connectivity index (χ0v) is 12.8. The second-order valence-electron chi connectivity index (χ2n) is 4.25. The van der Waals surface area contributed by atoms with Gasteiger partial charge in [0.1, 0.15) is 5.56 Å². The number of carboxylic acids is 1. The van der Waals surface area contributed by atoms with Gasteiger partial charge in [0.05, 0.1) is 10.7 Å². The molecule has 1 aromatic rings. The van der Waals surface area contributed by atoms with Crippen molar-refractivity contribution < 1.29 is 14.7 Å². The number of urea groups is 1. The molecule has 5 nitrogen and oxygen atoms in total. The van der Waals surface area contributed by atoms with E-state index in [1.807, 2.05) is 13.2 Å². The standard InChI is InChI=1S/C13H17ClN2O3S/c1-8(6-7-20-2)15-13(19)16-10-5-3-4-9(14)11(10)12(17)18/h3-5,8H,6-7H2,1-2H3,(H,17,18)(H2,15,16,19). The van der Waals surface area contributed by atoms with Crippen LogP contribution in [0.25, 0.3) is 0 Å². The van der Waals surface area contributed by atoms with Crippen LogP contribution in [0, 0.1) is 0 Å². The van der Waals surface area contributed by atoms with Gasteiger partial charge in [-0.25, -0.2) is 9.59 Å². The minimum Gasteiger partial charge on any atom is -0.478 e. The lowest BCUT2D eigenvalue weighted by Crippen LogP contribution is -2.36. The first kappa shape index (κ1) is 16.7. The van der Waals surface area contributed by atoms with Gasteiger partial charge in [-0.2, -0.15) is 11.8 Å². The lowest BCUT2D eigenvalue weighted by Gasteiger charge is -2.15. The number of carbonyl (C=O) groups excluding carboxylic acids is 1. The highest BCUT2D eigenvalue weighted by molar-refractivity contribution is 7.98. The van der Waals surface area contributed by atoms with E-state index in [0.717, 1.165) is 12.2 Å². The number of thioether (sulfide) groups is 1. The Morgan fingerprint density at radius 2 is 2.15 bits per heavy atom. The molecular weight excluding hydrogens is 300 g/mol. The molecule has 0 aliphatic rings. The average Bonchev–Trinajstić information content (AvgIpc) is 2.35. The van der Waals surface area contributed by atoms with E-state index >= 15 is 0 Å². The molecular formula is C13H17ClN2O3S. The SMILES string of the molecule is CSCCC(C)NC(=O)Nc1cccc(Cl)c1C(=O)O. The molecule has 0 heterocycles. The monoisotopic (exact) mass is 316 g/mol. The van der Waals surface area contributed by atoms with E-state index in [1.54, 1.807) is 17.8 Å². The number of hydrogen-bond donors (Lipinski definition) is 3. The average molecular weight is 317 g/mol. The van der Waals surface area contributed by atoms with Gasteiger partial charge in [-0.15, -0.1) is 0 Å². The Morgan fingerprint density at radius 1 is 1.45 bits per heavy atom. The molecule has 20 heavy (non-hydrogen) atoms. The van der Waals surface area contributed by atoms with E-state index in [9.17, 15) is 9.59 Å². The summed E-state index contributed by atoms with van der Waals surface area (Å²) in [7, 11) is 0. The molecule has 0 bridgehead atoms. The van der Waals surface area contributed by atoms with Crippen molar-refractivity contribution in [1.29, 1.82) is 0 Å². The minimum absolute atomic E-state index is 0.00918. The van der Waals surface area contributed by atoms with Crippen LogP contribution in [0.4, 0.5) is 10.5 Å². The predicted molar refractivity (Wildman–Crippen MR) is 83.0 cm³/mol. The van der Waals surface area contributed by atoms with Crippen LogP contribution in [0.5, 0.6) is 0 Å². The van der Waals surface area contributed by atoms with E-state index in [-0.39, 0.29) is 22.3 Å². The molecule has 0 saturated carbocycles. The van der Waals surface area contributed by atoms with Crippen molar-refractivity contribution in [2.24, 2.45) is 0 Å². The van der Waals surface area contributed by atoms with Crippen molar-refractivity contribution in [2.75, 3.05) is 17.3 Å². The van der Waals surface area contributed by atoms with Gasteiger partial charge in [0.25, 0.3) is 0 Å². The Balaban J connectivity index is 2.71. The first-order valence-electron chi connectivity index (χ1n) is 6.04. The van der Waals surface area contributed by atoms with Gasteiger partial charge in [0.15, 0.2) is 0 Å². The predicted octanol–water partition coefficient (Wildman–Crippen LogP) is 3.30. The Morgan fingerprint density at radius 3 is 2.75 bits per heavy atom. The summed E-state index contributed by atoms with van der Waals surface area (Å²) in [6, 6.07) is 4.12. The fourth-order valence-corrected chi connectivity index (χ4v) is 2.44. The van der Waals surface area contributed by atoms with Gasteiger partial charge < -0.3 is 15.7 Å². The quantitative estimate of drug-likeness (QED) is 0.752. The minimum atomic E-state index is -1.18. The number of hydrogen-bond acceptors (Lipinski definition) is 3. The number of aromatic carboxylic acids is 1. The number of carboxylic acid groups (broad SMARTS) is 1. The lowest BCUT2D eigenvalue weighted by molar-refractivity contribution is 0.0698. The molecule has 1 rings (SSSR count). The van der Waals surface area contributed by atoms with Crippen molar-refractivity contribution in [3.63, 3.8) is 0 Å². The van der Waals surface area contributed by atoms with Crippen molar-refractivity contribution >= 4 is 41.1 Å². The van der Waals surface area contributed by atoms with Gasteiger partial charge >= 0.3 is 12.0 Å². The summed E-state index contributed by atoms with van der Waals surface area (Å²) < 4.78 is 0. The Labute approximate surface area is 127 Å². The first-order valence-corrected chi connectivity index (χ1v) is 7.81. The summed E-state index contributed by atoms with van der Waals surface area (Å²) in [5, 5.41) is 14.5. The molecule has 0 fully saturated rings. The zero-order chi connectivity index (χ0) is 15.1. The van der Waals surface area contributed by atoms with Gasteiger partial charge in [0.2, 0.25) is 0 Å². The largest absolute Gasteiger partial charge is 0.478 e. The molecule has 1 unspecified atom stereocenters. The highest BCUT2D eigenvalue weighted by Crippen LogP contribution is 2.24. The second kappa shape index (κ2) is 8.01. The van der Waals surface area contributed by atoms with Crippen LogP contribution >= 0.6 is 23.4 Å². The highest BCUT2D eigenvalue weighted by atomic mass is 35.5. The number of halogens is 1. The van der Waals surface area contributed by atoms with Crippen LogP contribution < -0.4 is 10.6 Å². The molecule has 0 saturated heterocycles. The summed E-state index contributed by atoms with van der Waals surface area (Å²) in [5.41, 5.74) is 0.0700. The molecule has 3 N–H and O–H groups in total. The summed E-state index contributed by atoms with van der Waals surface area (Å²) in [5.74, 6) is -0.236. The number of rotatable bonds is 6. The maximum absolute atomic E-state index is 11.8. The van der Waals surface area contributed by atoms with Gasteiger partial charge in [-0.1, -0.05) is 17.7 Å². The van der Waals surface area contributed by atoms with Crippen LogP contribution in [0.3, 0.4) is 0 Å². The fourth-order valence-electron chi connectivity index (χ4n) is 1.59. The summed E-state index contributed by atoms with van der Waals surface area (Å²) >= 11 is 7.53. The van der Waals surface area contributed by atoms with Crippen molar-refractivity contribution in [1.82, 2.24) is 5.32 Å². The number of carbonyl (C=O) groups is 2. The molecule has 1 atom stereocenters. The third-order valence-electron chi connectivity index (χ3n) is 2.61. The van der Waals surface area contributed by atoms with Crippen LogP contribution in [0.2, 0.25) is 5.02 Å². The van der Waals surface area contributed by atoms with E-state index in [0.29, 0.717) is 0 Å². The summed E-state index contributed by atoms with van der Waals surface area (Å²) in [6.45, 7) is 1.89. The molecule has 0 aromatic heterocycles. The van der Waals surface area contributed by atoms with Crippen molar-refractivity contribution in [3.05, 3.63) is 28.8 Å². The Bertz CT molecular complexity index is 497. The van der Waals surface area contributed by atoms with Gasteiger partial charge in [0, 0.05) is 6.04 Å². The number of benzene rings is 1. The van der Waals surface area contributed by atoms with Gasteiger partial charge in [-0.05, 0) is 37.5 Å². The maximum atomic E-state index is 11.8. The first-order chi connectivity index (χ1) is 9.45. The van der Waals surface area contributed by atoms with Crippen molar-refractivity contribution in [3.8, 4) is 0 Å². The van der Waals surface area contributed by atoms with Crippen LogP contribution in [-0.2, 0) is 0 Å². The number of nitrogens with one attached hydrogen (secondary N) is 2. The van der Waals surface area contributed by atoms with E-state index in [4.69, 9.17) is 16.7 Å². The number of anilines is 1. The van der Waals surface area contributed by atoms with E-state index in [1.165, 1.54) is 12.1 Å². The van der Waals surface area contributed by atoms with E-state index in [2.05, 4.69) is 10.6 Å². The maximum Gasteiger partial charge on any atom is 0.339 e. The van der Waals surface area contributed by atoms with Crippen LogP contribution in [0.15, 0.2) is 18.2 Å². The Hall–Kier alpha value is -1.40. The summed E-state index contributed by atoms with van der Waals surface area (Å²) in [6.07, 6.45) is 2.84. The molecule has 0 radical (unpaired) electrons. The normalized spacial score (nSPS) is 11.8. The zero-order valence-electron chi connectivity index (χ0n) is 11.3. The molecule has 0 aliphatic heterocycles. The summed E-state index contributed by atoms with van der Waals surface area (Å²) in [4.78, 5) is 22.9. The number of amides is 2. The van der Waals surface area contributed by atoms with Crippen LogP contribution in [0.1, 0.15) is 23.7 Å². The van der Waals surface area contributed by atoms with Gasteiger partial charge in [-0.3, -0.25) is 0 Å². The molecule has 1 aromatic carbocycles. The third kappa shape index (κ3) is 4.94. The molecule has 110 valence electrons. The molecule has 0 spiro atoms. The molecule has 2 amide bonds. The third-order valence-corrected chi connectivity index (χ3v) is 3.57. The Kier molecular flexibility index (Phi) is 6.67. The van der Waals surface area contributed by atoms with Crippen molar-refractivity contribution in [2.45, 2.75) is 19.4 Å². The van der Waals surface area contributed by atoms with E-state index < -0.39 is 12.0 Å².